The van der Waals surface area contributed by atoms with E-state index in [1.807, 2.05) is 74.8 Å². The zero-order valence-corrected chi connectivity index (χ0v) is 22.4. The second kappa shape index (κ2) is 9.70. The first-order chi connectivity index (χ1) is 18.7. The van der Waals surface area contributed by atoms with Gasteiger partial charge in [0.1, 0.15) is 11.4 Å². The third kappa shape index (κ3) is 5.15. The maximum Gasteiger partial charge on any atom is 0.408 e. The van der Waals surface area contributed by atoms with Crippen molar-refractivity contribution in [2.24, 2.45) is 0 Å². The number of nitrogens with zero attached hydrogens (tertiary/aromatic N) is 3. The van der Waals surface area contributed by atoms with Crippen molar-refractivity contribution in [3.63, 3.8) is 0 Å². The number of H-pyrrole nitrogens is 1. The Morgan fingerprint density at radius 3 is 2.92 bits per heavy atom. The van der Waals surface area contributed by atoms with E-state index in [-0.39, 0.29) is 12.5 Å². The second-order valence-corrected chi connectivity index (χ2v) is 11.1. The normalized spacial score (nSPS) is 15.3. The van der Waals surface area contributed by atoms with Crippen molar-refractivity contribution in [3.8, 4) is 5.75 Å². The first kappa shape index (κ1) is 24.9. The molecule has 0 bridgehead atoms. The number of alkyl carbamates (subject to hydrolysis) is 1. The Hall–Kier alpha value is -4.45. The molecule has 0 radical (unpaired) electrons. The lowest BCUT2D eigenvalue weighted by Crippen LogP contribution is -2.37. The molecule has 0 saturated heterocycles. The molecule has 6 rings (SSSR count). The number of thioether (sulfide) groups is 1. The van der Waals surface area contributed by atoms with Crippen LogP contribution in [-0.2, 0) is 16.0 Å². The number of fused-ring (bicyclic) bond motifs is 3. The van der Waals surface area contributed by atoms with Gasteiger partial charge in [0.15, 0.2) is 12.4 Å². The van der Waals surface area contributed by atoms with Crippen LogP contribution < -0.4 is 20.8 Å². The molecule has 2 amide bonds. The fraction of sp³-hybridized carbons (Fsp3) is 0.259. The van der Waals surface area contributed by atoms with E-state index in [1.165, 1.54) is 11.8 Å². The van der Waals surface area contributed by atoms with Crippen molar-refractivity contribution >= 4 is 46.0 Å². The number of anilines is 1. The maximum absolute atomic E-state index is 12.9. The van der Waals surface area contributed by atoms with Gasteiger partial charge in [-0.3, -0.25) is 10.2 Å². The quantitative estimate of drug-likeness (QED) is 0.287. The van der Waals surface area contributed by atoms with Crippen LogP contribution in [0.2, 0.25) is 0 Å². The number of amides is 2. The number of para-hydroxylation sites is 1. The fourth-order valence-corrected chi connectivity index (χ4v) is 5.25. The molecule has 0 aliphatic carbocycles. The van der Waals surface area contributed by atoms with Gasteiger partial charge >= 0.3 is 6.09 Å². The summed E-state index contributed by atoms with van der Waals surface area (Å²) in [7, 11) is 0. The molecule has 1 atom stereocenters. The Bertz CT molecular complexity index is 1620. The molecule has 2 aromatic carbocycles. The number of benzene rings is 2. The van der Waals surface area contributed by atoms with Crippen molar-refractivity contribution in [1.29, 1.82) is 0 Å². The van der Waals surface area contributed by atoms with E-state index >= 15 is 0 Å². The molecule has 4 N–H and O–H groups in total. The van der Waals surface area contributed by atoms with Gasteiger partial charge < -0.3 is 25.1 Å². The van der Waals surface area contributed by atoms with Gasteiger partial charge in [-0.25, -0.2) is 9.47 Å². The van der Waals surface area contributed by atoms with Crippen LogP contribution in [0.15, 0.2) is 59.2 Å². The number of ether oxygens (including phenoxy) is 2. The number of aromatic nitrogens is 4. The number of hydrogen-bond acceptors (Lipinski definition) is 8. The Labute approximate surface area is 228 Å². The van der Waals surface area contributed by atoms with Gasteiger partial charge in [-0.1, -0.05) is 30.0 Å². The van der Waals surface area contributed by atoms with Gasteiger partial charge in [-0.15, -0.1) is 10.2 Å². The maximum atomic E-state index is 12.9. The summed E-state index contributed by atoms with van der Waals surface area (Å²) in [6, 6.07) is 13.0. The van der Waals surface area contributed by atoms with Crippen molar-refractivity contribution < 1.29 is 19.1 Å². The number of carbonyl (C=O) groups excluding carboxylic acids is 2. The summed E-state index contributed by atoms with van der Waals surface area (Å²) in [4.78, 5) is 28.0. The summed E-state index contributed by atoms with van der Waals surface area (Å²) in [6.45, 7) is 5.46. The zero-order chi connectivity index (χ0) is 27.1. The fourth-order valence-electron chi connectivity index (χ4n) is 4.51. The van der Waals surface area contributed by atoms with E-state index in [9.17, 15) is 9.59 Å². The van der Waals surface area contributed by atoms with Crippen LogP contribution in [-0.4, -0.2) is 44.1 Å². The lowest BCUT2D eigenvalue weighted by Gasteiger charge is -2.25. The van der Waals surface area contributed by atoms with Crippen molar-refractivity contribution in [2.45, 2.75) is 44.0 Å². The van der Waals surface area contributed by atoms with Crippen molar-refractivity contribution in [3.05, 3.63) is 71.0 Å². The molecule has 2 aliphatic rings. The molecule has 39 heavy (non-hydrogen) atoms. The lowest BCUT2D eigenvalue weighted by atomic mass is 10.0. The lowest BCUT2D eigenvalue weighted by molar-refractivity contribution is -0.118. The molecule has 0 fully saturated rings. The SMILES string of the molecule is CC(C)(C)OC(=O)N[C@@H](Cc1c[nH]c2ccccc12)c1nnc2n1NC(c1ccc3c(c1)NC(=O)CO3)=CS2. The van der Waals surface area contributed by atoms with Gasteiger partial charge in [0.25, 0.3) is 5.91 Å². The van der Waals surface area contributed by atoms with E-state index in [4.69, 9.17) is 9.47 Å². The molecular weight excluding hydrogens is 518 g/mol. The molecule has 12 heteroatoms. The summed E-state index contributed by atoms with van der Waals surface area (Å²) in [5.41, 5.74) is 6.97. The average molecular weight is 546 g/mol. The summed E-state index contributed by atoms with van der Waals surface area (Å²) in [5.74, 6) is 0.943. The topological polar surface area (TPSA) is 135 Å². The predicted molar refractivity (Wildman–Crippen MR) is 148 cm³/mol. The molecule has 0 saturated carbocycles. The van der Waals surface area contributed by atoms with Gasteiger partial charge in [0, 0.05) is 34.5 Å². The molecule has 0 unspecified atom stereocenters. The molecule has 4 aromatic rings. The number of rotatable bonds is 5. The molecule has 2 aliphatic heterocycles. The number of aromatic amines is 1. The largest absolute Gasteiger partial charge is 0.482 e. The highest BCUT2D eigenvalue weighted by Crippen LogP contribution is 2.35. The van der Waals surface area contributed by atoms with Crippen LogP contribution in [0, 0.1) is 0 Å². The molecule has 11 nitrogen and oxygen atoms in total. The molecule has 4 heterocycles. The smallest absolute Gasteiger partial charge is 0.408 e. The van der Waals surface area contributed by atoms with Crippen LogP contribution in [0.3, 0.4) is 0 Å². The third-order valence-corrected chi connectivity index (χ3v) is 7.03. The van der Waals surface area contributed by atoms with Crippen LogP contribution in [0.1, 0.15) is 43.8 Å². The predicted octanol–water partition coefficient (Wildman–Crippen LogP) is 4.55. The second-order valence-electron chi connectivity index (χ2n) is 10.2. The Balaban J connectivity index is 1.31. The van der Waals surface area contributed by atoms with Crippen LogP contribution >= 0.6 is 11.8 Å². The Kier molecular flexibility index (Phi) is 6.18. The first-order valence-corrected chi connectivity index (χ1v) is 13.3. The van der Waals surface area contributed by atoms with E-state index in [0.717, 1.165) is 27.7 Å². The van der Waals surface area contributed by atoms with E-state index in [1.54, 1.807) is 4.68 Å². The average Bonchev–Trinajstić information content (AvgIpc) is 3.50. The highest BCUT2D eigenvalue weighted by Gasteiger charge is 2.29. The van der Waals surface area contributed by atoms with Gasteiger partial charge in [0.2, 0.25) is 5.16 Å². The van der Waals surface area contributed by atoms with Crippen LogP contribution in [0.5, 0.6) is 5.75 Å². The third-order valence-electron chi connectivity index (χ3n) is 6.20. The Morgan fingerprint density at radius 2 is 2.08 bits per heavy atom. The van der Waals surface area contributed by atoms with Crippen molar-refractivity contribution in [1.82, 2.24) is 25.2 Å². The van der Waals surface area contributed by atoms with Crippen LogP contribution in [0.25, 0.3) is 16.6 Å². The molecule has 0 spiro atoms. The minimum absolute atomic E-state index is 0.000955. The summed E-state index contributed by atoms with van der Waals surface area (Å²) >= 11 is 1.40. The highest BCUT2D eigenvalue weighted by molar-refractivity contribution is 8.02. The number of hydrogen-bond donors (Lipinski definition) is 4. The monoisotopic (exact) mass is 545 g/mol. The molecular formula is C27H27N7O4S. The summed E-state index contributed by atoms with van der Waals surface area (Å²) in [6.07, 6.45) is 1.85. The zero-order valence-electron chi connectivity index (χ0n) is 21.6. The summed E-state index contributed by atoms with van der Waals surface area (Å²) < 4.78 is 12.8. The molecule has 2 aromatic heterocycles. The van der Waals surface area contributed by atoms with Gasteiger partial charge in [0.05, 0.1) is 17.4 Å². The Morgan fingerprint density at radius 1 is 1.23 bits per heavy atom. The number of nitrogens with one attached hydrogen (secondary N) is 4. The number of carbonyl (C=O) groups is 2. The van der Waals surface area contributed by atoms with E-state index in [0.29, 0.717) is 28.8 Å². The summed E-state index contributed by atoms with van der Waals surface area (Å²) in [5, 5.41) is 18.3. The standard InChI is InChI=1S/C27H27N7O4S/c1-27(2,3)38-26(36)30-20(11-16-12-28-18-7-5-4-6-17(16)18)24-31-32-25-34(24)33-21(14-39-25)15-8-9-22-19(10-15)29-23(35)13-37-22/h4-10,12,14,20,28,33H,11,13H2,1-3H3,(H,29,35)(H,30,36)/t20-/m0/s1. The van der Waals surface area contributed by atoms with Gasteiger partial charge in [-0.2, -0.15) is 0 Å². The van der Waals surface area contributed by atoms with Crippen molar-refractivity contribution in [2.75, 3.05) is 17.3 Å². The highest BCUT2D eigenvalue weighted by atomic mass is 32.2. The van der Waals surface area contributed by atoms with Crippen LogP contribution in [0.4, 0.5) is 10.5 Å². The molecule has 200 valence electrons. The minimum atomic E-state index is -0.657. The van der Waals surface area contributed by atoms with E-state index < -0.39 is 17.7 Å². The van der Waals surface area contributed by atoms with E-state index in [2.05, 4.69) is 31.2 Å². The van der Waals surface area contributed by atoms with Gasteiger partial charge in [-0.05, 0) is 50.6 Å². The minimum Gasteiger partial charge on any atom is -0.482 e. The first-order valence-electron chi connectivity index (χ1n) is 12.4.